The first-order valence-corrected chi connectivity index (χ1v) is 8.93. The van der Waals surface area contributed by atoms with Crippen LogP contribution in [-0.2, 0) is 16.0 Å². The summed E-state index contributed by atoms with van der Waals surface area (Å²) in [4.78, 5) is 36.8. The van der Waals surface area contributed by atoms with E-state index in [2.05, 4.69) is 0 Å². The number of carboxylic acid groups (broad SMARTS) is 1. The molecular weight excluding hydrogens is 360 g/mol. The molecule has 1 fully saturated rings. The molecule has 0 aliphatic carbocycles. The van der Waals surface area contributed by atoms with Gasteiger partial charge in [-0.25, -0.2) is 4.79 Å². The SMILES string of the molecule is C[C@@]12CC(=O)N1C(C(=O)O)=C(c1ccccc1[N+](=O)[O-])C2Cc1ccccc1. The van der Waals surface area contributed by atoms with Crippen molar-refractivity contribution in [3.05, 3.63) is 81.5 Å². The first-order valence-electron chi connectivity index (χ1n) is 8.93. The normalized spacial score (nSPS) is 23.4. The number of aliphatic carboxylic acids is 1. The third-order valence-corrected chi connectivity index (χ3v) is 5.72. The lowest BCUT2D eigenvalue weighted by Crippen LogP contribution is -2.62. The van der Waals surface area contributed by atoms with Crippen LogP contribution in [0.4, 0.5) is 5.69 Å². The lowest BCUT2D eigenvalue weighted by Gasteiger charge is -2.49. The maximum atomic E-state index is 12.3. The standard InChI is InChI=1S/C21H18N2O5/c1-21-12-17(24)22(21)19(20(25)26)18(14-9-5-6-10-16(14)23(27)28)15(21)11-13-7-3-2-4-8-13/h2-10,15H,11-12H2,1H3,(H,25,26)/t15?,21-/m0/s1. The molecule has 2 heterocycles. The van der Waals surface area contributed by atoms with Crippen molar-refractivity contribution in [3.63, 3.8) is 0 Å². The summed E-state index contributed by atoms with van der Waals surface area (Å²) in [6, 6.07) is 15.7. The molecule has 0 aromatic heterocycles. The second-order valence-electron chi connectivity index (χ2n) is 7.35. The molecule has 2 aromatic rings. The zero-order valence-corrected chi connectivity index (χ0v) is 15.2. The van der Waals surface area contributed by atoms with E-state index < -0.39 is 16.4 Å². The maximum absolute atomic E-state index is 12.3. The van der Waals surface area contributed by atoms with Crippen LogP contribution in [-0.4, -0.2) is 32.3 Å². The van der Waals surface area contributed by atoms with E-state index in [1.165, 1.54) is 11.0 Å². The third-order valence-electron chi connectivity index (χ3n) is 5.72. The van der Waals surface area contributed by atoms with Crippen molar-refractivity contribution in [2.24, 2.45) is 5.92 Å². The molecule has 2 atom stereocenters. The number of fused-ring (bicyclic) bond motifs is 1. The number of rotatable bonds is 5. The highest BCUT2D eigenvalue weighted by molar-refractivity contribution is 6.07. The van der Waals surface area contributed by atoms with Gasteiger partial charge in [-0.3, -0.25) is 19.8 Å². The highest BCUT2D eigenvalue weighted by Gasteiger charge is 2.62. The number of hydrogen-bond acceptors (Lipinski definition) is 4. The highest BCUT2D eigenvalue weighted by atomic mass is 16.6. The zero-order valence-electron chi connectivity index (χ0n) is 15.2. The van der Waals surface area contributed by atoms with Gasteiger partial charge in [0, 0.05) is 17.6 Å². The fourth-order valence-electron chi connectivity index (χ4n) is 4.47. The van der Waals surface area contributed by atoms with Gasteiger partial charge in [-0.2, -0.15) is 0 Å². The van der Waals surface area contributed by atoms with Crippen molar-refractivity contribution in [1.29, 1.82) is 0 Å². The number of carboxylic acids is 1. The van der Waals surface area contributed by atoms with Gasteiger partial charge in [-0.05, 0) is 25.0 Å². The van der Waals surface area contributed by atoms with Crippen molar-refractivity contribution >= 4 is 23.1 Å². The molecule has 2 aromatic carbocycles. The van der Waals surface area contributed by atoms with E-state index in [0.717, 1.165) is 5.56 Å². The van der Waals surface area contributed by atoms with Crippen LogP contribution in [0, 0.1) is 16.0 Å². The van der Waals surface area contributed by atoms with Crippen LogP contribution in [0.25, 0.3) is 5.57 Å². The molecule has 142 valence electrons. The first-order chi connectivity index (χ1) is 13.3. The molecule has 28 heavy (non-hydrogen) atoms. The Bertz CT molecular complexity index is 1030. The van der Waals surface area contributed by atoms with Gasteiger partial charge in [-0.1, -0.05) is 42.5 Å². The van der Waals surface area contributed by atoms with Gasteiger partial charge in [0.1, 0.15) is 5.70 Å². The number of nitrogens with zero attached hydrogens (tertiary/aromatic N) is 2. The fourth-order valence-corrected chi connectivity index (χ4v) is 4.47. The Labute approximate surface area is 161 Å². The Morgan fingerprint density at radius 2 is 1.86 bits per heavy atom. The van der Waals surface area contributed by atoms with Crippen LogP contribution < -0.4 is 0 Å². The monoisotopic (exact) mass is 378 g/mol. The summed E-state index contributed by atoms with van der Waals surface area (Å²) < 4.78 is 0. The number of carbonyl (C=O) groups is 2. The summed E-state index contributed by atoms with van der Waals surface area (Å²) >= 11 is 0. The smallest absolute Gasteiger partial charge is 0.352 e. The van der Waals surface area contributed by atoms with Gasteiger partial charge in [0.2, 0.25) is 5.91 Å². The fraction of sp³-hybridized carbons (Fsp3) is 0.238. The Morgan fingerprint density at radius 1 is 1.21 bits per heavy atom. The van der Waals surface area contributed by atoms with Crippen molar-refractivity contribution in [2.75, 3.05) is 0 Å². The predicted molar refractivity (Wildman–Crippen MR) is 101 cm³/mol. The lowest BCUT2D eigenvalue weighted by molar-refractivity contribution is -0.385. The van der Waals surface area contributed by atoms with E-state index in [1.807, 2.05) is 37.3 Å². The lowest BCUT2D eigenvalue weighted by atomic mass is 9.71. The van der Waals surface area contributed by atoms with Crippen LogP contribution in [0.3, 0.4) is 0 Å². The minimum atomic E-state index is -1.25. The number of amides is 1. The molecule has 2 aliphatic rings. The van der Waals surface area contributed by atoms with Crippen LogP contribution in [0.15, 0.2) is 60.3 Å². The summed E-state index contributed by atoms with van der Waals surface area (Å²) in [7, 11) is 0. The Hall–Kier alpha value is -3.48. The van der Waals surface area contributed by atoms with Gasteiger partial charge in [-0.15, -0.1) is 0 Å². The van der Waals surface area contributed by atoms with Crippen molar-refractivity contribution in [1.82, 2.24) is 4.90 Å². The number of carbonyl (C=O) groups excluding carboxylic acids is 1. The average molecular weight is 378 g/mol. The molecule has 2 aliphatic heterocycles. The minimum Gasteiger partial charge on any atom is -0.477 e. The number of benzene rings is 2. The van der Waals surface area contributed by atoms with Gasteiger partial charge < -0.3 is 5.11 Å². The average Bonchev–Trinajstić information content (AvgIpc) is 2.86. The molecule has 0 bridgehead atoms. The van der Waals surface area contributed by atoms with Gasteiger partial charge >= 0.3 is 5.97 Å². The summed E-state index contributed by atoms with van der Waals surface area (Å²) in [5, 5.41) is 21.5. The number of β-lactam (4-membered cyclic amide) rings is 1. The molecule has 1 unspecified atom stereocenters. The summed E-state index contributed by atoms with van der Waals surface area (Å²) in [5.74, 6) is -1.88. The molecule has 0 saturated carbocycles. The first kappa shape index (κ1) is 17.9. The largest absolute Gasteiger partial charge is 0.477 e. The Morgan fingerprint density at radius 3 is 2.46 bits per heavy atom. The quantitative estimate of drug-likeness (QED) is 0.489. The number of hydrogen-bond donors (Lipinski definition) is 1. The minimum absolute atomic E-state index is 0.144. The second-order valence-corrected chi connectivity index (χ2v) is 7.35. The van der Waals surface area contributed by atoms with Crippen molar-refractivity contribution < 1.29 is 19.6 Å². The van der Waals surface area contributed by atoms with E-state index >= 15 is 0 Å². The molecule has 0 spiro atoms. The number of nitro groups is 1. The summed E-state index contributed by atoms with van der Waals surface area (Å²) in [6.07, 6.45) is 0.699. The molecule has 0 radical (unpaired) electrons. The topological polar surface area (TPSA) is 101 Å². The van der Waals surface area contributed by atoms with Crippen LogP contribution in [0.2, 0.25) is 0 Å². The third kappa shape index (κ3) is 2.51. The van der Waals surface area contributed by atoms with Crippen molar-refractivity contribution in [2.45, 2.75) is 25.3 Å². The summed E-state index contributed by atoms with van der Waals surface area (Å²) in [5.41, 5.74) is 0.587. The van der Waals surface area contributed by atoms with Crippen molar-refractivity contribution in [3.8, 4) is 0 Å². The number of para-hydroxylation sites is 1. The molecule has 1 N–H and O–H groups in total. The number of nitro benzene ring substituents is 1. The highest BCUT2D eigenvalue weighted by Crippen LogP contribution is 2.56. The van der Waals surface area contributed by atoms with Crippen LogP contribution >= 0.6 is 0 Å². The zero-order chi connectivity index (χ0) is 20.1. The molecule has 7 heteroatoms. The van der Waals surface area contributed by atoms with Crippen LogP contribution in [0.1, 0.15) is 24.5 Å². The molecular formula is C21H18N2O5. The maximum Gasteiger partial charge on any atom is 0.352 e. The summed E-state index contributed by atoms with van der Waals surface area (Å²) in [6.45, 7) is 1.85. The van der Waals surface area contributed by atoms with E-state index in [1.54, 1.807) is 18.2 Å². The van der Waals surface area contributed by atoms with E-state index in [-0.39, 0.29) is 35.2 Å². The van der Waals surface area contributed by atoms with E-state index in [4.69, 9.17) is 0 Å². The van der Waals surface area contributed by atoms with Gasteiger partial charge in [0.05, 0.1) is 22.4 Å². The Balaban J connectivity index is 1.94. The molecule has 1 amide bonds. The molecule has 7 nitrogen and oxygen atoms in total. The van der Waals surface area contributed by atoms with Gasteiger partial charge in [0.25, 0.3) is 5.69 Å². The predicted octanol–water partition coefficient (Wildman–Crippen LogP) is 3.25. The van der Waals surface area contributed by atoms with E-state index in [9.17, 15) is 24.8 Å². The molecule has 4 rings (SSSR count). The van der Waals surface area contributed by atoms with E-state index in [0.29, 0.717) is 12.0 Å². The van der Waals surface area contributed by atoms with Crippen LogP contribution in [0.5, 0.6) is 0 Å². The second kappa shape index (κ2) is 6.30. The molecule has 1 saturated heterocycles. The van der Waals surface area contributed by atoms with Gasteiger partial charge in [0.15, 0.2) is 0 Å². The Kier molecular flexibility index (Phi) is 4.03.